The lowest BCUT2D eigenvalue weighted by molar-refractivity contribution is 0.287. The summed E-state index contributed by atoms with van der Waals surface area (Å²) in [4.78, 5) is 4.41. The predicted octanol–water partition coefficient (Wildman–Crippen LogP) is 2.23. The quantitative estimate of drug-likeness (QED) is 0.939. The summed E-state index contributed by atoms with van der Waals surface area (Å²) in [5, 5.41) is 16.6. The molecule has 0 aliphatic rings. The van der Waals surface area contributed by atoms with E-state index < -0.39 is 0 Å². The minimum atomic E-state index is 0.145. The third-order valence-corrected chi connectivity index (χ3v) is 2.83. The number of hydrogen-bond acceptors (Lipinski definition) is 4. The zero-order chi connectivity index (χ0) is 12.1. The van der Waals surface area contributed by atoms with Gasteiger partial charge in [-0.1, -0.05) is 28.1 Å². The molecule has 5 heteroatoms. The fraction of sp³-hybridized carbons (Fsp3) is 0.250. The summed E-state index contributed by atoms with van der Waals surface area (Å²) in [6.07, 6.45) is 2.95. The Labute approximate surface area is 108 Å². The van der Waals surface area contributed by atoms with Gasteiger partial charge in [0.05, 0.1) is 11.9 Å². The number of aryl methyl sites for hydroxylation is 1. The molecule has 1 N–H and O–H groups in total. The molecule has 0 amide bonds. The molecule has 1 aromatic carbocycles. The van der Waals surface area contributed by atoms with E-state index in [0.717, 1.165) is 15.7 Å². The van der Waals surface area contributed by atoms with Crippen LogP contribution in [0.25, 0.3) is 11.3 Å². The molecule has 0 fully saturated rings. The number of aromatic nitrogens is 3. The molecule has 0 saturated heterocycles. The second-order valence-electron chi connectivity index (χ2n) is 3.59. The van der Waals surface area contributed by atoms with Gasteiger partial charge in [-0.2, -0.15) is 5.10 Å². The summed E-state index contributed by atoms with van der Waals surface area (Å²) < 4.78 is 1.03. The van der Waals surface area contributed by atoms with E-state index in [1.54, 1.807) is 6.20 Å². The van der Waals surface area contributed by atoms with E-state index in [1.807, 2.05) is 24.3 Å². The molecule has 0 unspecified atom stereocenters. The highest BCUT2D eigenvalue weighted by atomic mass is 79.9. The molecular formula is C12H12BrN3O. The van der Waals surface area contributed by atoms with Crippen LogP contribution < -0.4 is 0 Å². The molecule has 0 aliphatic heterocycles. The van der Waals surface area contributed by atoms with E-state index in [1.165, 1.54) is 0 Å². The normalized spacial score (nSPS) is 10.5. The van der Waals surface area contributed by atoms with Gasteiger partial charge in [-0.3, -0.25) is 0 Å². The van der Waals surface area contributed by atoms with Crippen molar-refractivity contribution in [2.24, 2.45) is 0 Å². The Kier molecular flexibility index (Phi) is 4.17. The van der Waals surface area contributed by atoms with Gasteiger partial charge in [-0.25, -0.2) is 4.98 Å². The van der Waals surface area contributed by atoms with E-state index in [-0.39, 0.29) is 6.61 Å². The van der Waals surface area contributed by atoms with Crippen LogP contribution in [0, 0.1) is 0 Å². The Morgan fingerprint density at radius 2 is 1.94 bits per heavy atom. The van der Waals surface area contributed by atoms with Crippen molar-refractivity contribution in [1.82, 2.24) is 15.2 Å². The molecule has 0 spiro atoms. The fourth-order valence-electron chi connectivity index (χ4n) is 1.44. The summed E-state index contributed by atoms with van der Waals surface area (Å²) in [7, 11) is 0. The molecule has 17 heavy (non-hydrogen) atoms. The number of rotatable bonds is 4. The number of aliphatic hydroxyl groups excluding tert-OH is 1. The Morgan fingerprint density at radius 3 is 2.65 bits per heavy atom. The average molecular weight is 294 g/mol. The van der Waals surface area contributed by atoms with Crippen molar-refractivity contribution in [3.05, 3.63) is 40.8 Å². The standard InChI is InChI=1S/C12H12BrN3O/c13-10-5-3-9(4-6-10)11-8-14-16-12(15-11)2-1-7-17/h3-6,8,17H,1-2,7H2. The SMILES string of the molecule is OCCCc1nncc(-c2ccc(Br)cc2)n1. The summed E-state index contributed by atoms with van der Waals surface area (Å²) in [6.45, 7) is 0.145. The minimum Gasteiger partial charge on any atom is -0.396 e. The van der Waals surface area contributed by atoms with Crippen molar-refractivity contribution in [2.45, 2.75) is 12.8 Å². The summed E-state index contributed by atoms with van der Waals surface area (Å²) >= 11 is 3.39. The minimum absolute atomic E-state index is 0.145. The summed E-state index contributed by atoms with van der Waals surface area (Å²) in [5.74, 6) is 0.666. The first-order chi connectivity index (χ1) is 8.29. The zero-order valence-corrected chi connectivity index (χ0v) is 10.8. The second kappa shape index (κ2) is 5.84. The average Bonchev–Trinajstić information content (AvgIpc) is 2.37. The molecule has 4 nitrogen and oxygen atoms in total. The van der Waals surface area contributed by atoms with E-state index in [0.29, 0.717) is 18.7 Å². The van der Waals surface area contributed by atoms with Crippen LogP contribution in [0.15, 0.2) is 34.9 Å². The maximum absolute atomic E-state index is 8.76. The first-order valence-corrected chi connectivity index (χ1v) is 6.14. The van der Waals surface area contributed by atoms with Crippen molar-refractivity contribution in [3.8, 4) is 11.3 Å². The van der Waals surface area contributed by atoms with E-state index >= 15 is 0 Å². The number of aliphatic hydroxyl groups is 1. The van der Waals surface area contributed by atoms with Gasteiger partial charge >= 0.3 is 0 Å². The van der Waals surface area contributed by atoms with Gasteiger partial charge in [0.25, 0.3) is 0 Å². The number of halogens is 1. The molecule has 2 aromatic rings. The van der Waals surface area contributed by atoms with Crippen molar-refractivity contribution >= 4 is 15.9 Å². The first kappa shape index (κ1) is 12.1. The maximum atomic E-state index is 8.76. The maximum Gasteiger partial charge on any atom is 0.151 e. The van der Waals surface area contributed by atoms with Crippen LogP contribution in [0.5, 0.6) is 0 Å². The van der Waals surface area contributed by atoms with Gasteiger partial charge in [-0.15, -0.1) is 5.10 Å². The predicted molar refractivity (Wildman–Crippen MR) is 68.4 cm³/mol. The van der Waals surface area contributed by atoms with Crippen LogP contribution in [0.3, 0.4) is 0 Å². The molecule has 88 valence electrons. The van der Waals surface area contributed by atoms with Crippen LogP contribution in [-0.2, 0) is 6.42 Å². The van der Waals surface area contributed by atoms with Crippen molar-refractivity contribution < 1.29 is 5.11 Å². The molecule has 0 bridgehead atoms. The third kappa shape index (κ3) is 3.31. The van der Waals surface area contributed by atoms with Crippen LogP contribution in [0.2, 0.25) is 0 Å². The summed E-state index contributed by atoms with van der Waals surface area (Å²) in [6, 6.07) is 7.88. The molecule has 0 aliphatic carbocycles. The number of hydrogen-bond donors (Lipinski definition) is 1. The first-order valence-electron chi connectivity index (χ1n) is 5.35. The van der Waals surface area contributed by atoms with Gasteiger partial charge < -0.3 is 5.11 Å². The lowest BCUT2D eigenvalue weighted by Gasteiger charge is -2.02. The van der Waals surface area contributed by atoms with Crippen LogP contribution >= 0.6 is 15.9 Å². The monoisotopic (exact) mass is 293 g/mol. The lowest BCUT2D eigenvalue weighted by Crippen LogP contribution is -2.00. The molecular weight excluding hydrogens is 282 g/mol. The number of nitrogens with zero attached hydrogens (tertiary/aromatic N) is 3. The van der Waals surface area contributed by atoms with Gasteiger partial charge in [0.2, 0.25) is 0 Å². The smallest absolute Gasteiger partial charge is 0.151 e. The topological polar surface area (TPSA) is 58.9 Å². The number of benzene rings is 1. The van der Waals surface area contributed by atoms with Gasteiger partial charge in [0.15, 0.2) is 5.82 Å². The van der Waals surface area contributed by atoms with Gasteiger partial charge in [-0.05, 0) is 18.6 Å². The summed E-state index contributed by atoms with van der Waals surface area (Å²) in [5.41, 5.74) is 1.81. The lowest BCUT2D eigenvalue weighted by atomic mass is 10.2. The highest BCUT2D eigenvalue weighted by molar-refractivity contribution is 9.10. The van der Waals surface area contributed by atoms with E-state index in [4.69, 9.17) is 5.11 Å². The van der Waals surface area contributed by atoms with Crippen molar-refractivity contribution in [2.75, 3.05) is 6.61 Å². The Balaban J connectivity index is 2.23. The van der Waals surface area contributed by atoms with E-state index in [9.17, 15) is 0 Å². The van der Waals surface area contributed by atoms with Gasteiger partial charge in [0, 0.05) is 23.1 Å². The molecule has 0 atom stereocenters. The third-order valence-electron chi connectivity index (χ3n) is 2.30. The highest BCUT2D eigenvalue weighted by Gasteiger charge is 2.03. The highest BCUT2D eigenvalue weighted by Crippen LogP contribution is 2.19. The largest absolute Gasteiger partial charge is 0.396 e. The fourth-order valence-corrected chi connectivity index (χ4v) is 1.71. The molecule has 0 saturated carbocycles. The van der Waals surface area contributed by atoms with Crippen molar-refractivity contribution in [1.29, 1.82) is 0 Å². The Hall–Kier alpha value is -1.33. The van der Waals surface area contributed by atoms with Crippen molar-refractivity contribution in [3.63, 3.8) is 0 Å². The van der Waals surface area contributed by atoms with Crippen LogP contribution in [0.1, 0.15) is 12.2 Å². The zero-order valence-electron chi connectivity index (χ0n) is 9.17. The second-order valence-corrected chi connectivity index (χ2v) is 4.51. The Bertz CT molecular complexity index is 487. The van der Waals surface area contributed by atoms with Crippen LogP contribution in [-0.4, -0.2) is 26.9 Å². The molecule has 2 rings (SSSR count). The van der Waals surface area contributed by atoms with Crippen LogP contribution in [0.4, 0.5) is 0 Å². The van der Waals surface area contributed by atoms with E-state index in [2.05, 4.69) is 31.1 Å². The molecule has 1 heterocycles. The van der Waals surface area contributed by atoms with Gasteiger partial charge in [0.1, 0.15) is 0 Å². The molecule has 0 radical (unpaired) electrons. The Morgan fingerprint density at radius 1 is 1.18 bits per heavy atom. The molecule has 1 aromatic heterocycles.